The van der Waals surface area contributed by atoms with Crippen molar-refractivity contribution in [3.05, 3.63) is 76.9 Å². The predicted molar refractivity (Wildman–Crippen MR) is 89.2 cm³/mol. The molecule has 0 aromatic heterocycles. The molecule has 0 heterocycles. The van der Waals surface area contributed by atoms with Crippen LogP contribution < -0.4 is 4.74 Å². The SMILES string of the molecule is COc1ccccc1C1=C(C)C(C)=C(c2ccccc2)C1. The van der Waals surface area contributed by atoms with Crippen LogP contribution in [0.1, 0.15) is 31.4 Å². The predicted octanol–water partition coefficient (Wildman–Crippen LogP) is 5.35. The molecule has 0 atom stereocenters. The van der Waals surface area contributed by atoms with E-state index in [0.29, 0.717) is 0 Å². The summed E-state index contributed by atoms with van der Waals surface area (Å²) in [6.07, 6.45) is 0.974. The Morgan fingerprint density at radius 1 is 0.762 bits per heavy atom. The van der Waals surface area contributed by atoms with Gasteiger partial charge in [-0.25, -0.2) is 0 Å². The van der Waals surface area contributed by atoms with Crippen molar-refractivity contribution in [3.63, 3.8) is 0 Å². The highest BCUT2D eigenvalue weighted by Crippen LogP contribution is 2.44. The highest BCUT2D eigenvalue weighted by Gasteiger charge is 2.22. The fraction of sp³-hybridized carbons (Fsp3) is 0.200. The van der Waals surface area contributed by atoms with E-state index in [9.17, 15) is 0 Å². The minimum absolute atomic E-state index is 0.953. The lowest BCUT2D eigenvalue weighted by Crippen LogP contribution is -1.91. The Balaban J connectivity index is 2.02. The molecule has 2 aromatic carbocycles. The van der Waals surface area contributed by atoms with E-state index in [-0.39, 0.29) is 0 Å². The Morgan fingerprint density at radius 2 is 1.38 bits per heavy atom. The number of rotatable bonds is 3. The normalized spacial score (nSPS) is 14.8. The largest absolute Gasteiger partial charge is 0.496 e. The molecule has 3 rings (SSSR count). The van der Waals surface area contributed by atoms with Crippen molar-refractivity contribution < 1.29 is 4.74 Å². The van der Waals surface area contributed by atoms with E-state index in [2.05, 4.69) is 56.3 Å². The standard InChI is InChI=1S/C20H20O/c1-14-15(2)19(17-11-7-8-12-20(17)21-3)13-18(14)16-9-5-4-6-10-16/h4-12H,13H2,1-3H3. The molecule has 0 unspecified atom stereocenters. The van der Waals surface area contributed by atoms with Crippen LogP contribution in [0.3, 0.4) is 0 Å². The zero-order valence-corrected chi connectivity index (χ0v) is 12.8. The van der Waals surface area contributed by atoms with E-state index in [1.54, 1.807) is 7.11 Å². The maximum Gasteiger partial charge on any atom is 0.126 e. The zero-order valence-electron chi connectivity index (χ0n) is 12.8. The monoisotopic (exact) mass is 276 g/mol. The van der Waals surface area contributed by atoms with Gasteiger partial charge in [-0.15, -0.1) is 0 Å². The van der Waals surface area contributed by atoms with Gasteiger partial charge in [-0.2, -0.15) is 0 Å². The van der Waals surface area contributed by atoms with Crippen LogP contribution >= 0.6 is 0 Å². The van der Waals surface area contributed by atoms with Crippen LogP contribution in [-0.2, 0) is 0 Å². The second-order valence-electron chi connectivity index (χ2n) is 5.45. The number of benzene rings is 2. The summed E-state index contributed by atoms with van der Waals surface area (Å²) < 4.78 is 5.53. The molecule has 0 spiro atoms. The number of hydrogen-bond acceptors (Lipinski definition) is 1. The highest BCUT2D eigenvalue weighted by molar-refractivity contribution is 5.92. The number of allylic oxidation sites excluding steroid dienone is 4. The third kappa shape index (κ3) is 2.40. The van der Waals surface area contributed by atoms with E-state index in [1.807, 2.05) is 12.1 Å². The molecule has 21 heavy (non-hydrogen) atoms. The lowest BCUT2D eigenvalue weighted by Gasteiger charge is -2.11. The first kappa shape index (κ1) is 13.7. The molecular weight excluding hydrogens is 256 g/mol. The summed E-state index contributed by atoms with van der Waals surface area (Å²) in [7, 11) is 1.74. The third-order valence-electron chi connectivity index (χ3n) is 4.38. The summed E-state index contributed by atoms with van der Waals surface area (Å²) in [5.74, 6) is 0.953. The molecule has 0 fully saturated rings. The maximum atomic E-state index is 5.53. The maximum absolute atomic E-state index is 5.53. The molecule has 0 bridgehead atoms. The lowest BCUT2D eigenvalue weighted by molar-refractivity contribution is 0.413. The average molecular weight is 276 g/mol. The molecule has 1 heteroatoms. The van der Waals surface area contributed by atoms with Gasteiger partial charge in [-0.1, -0.05) is 48.5 Å². The Morgan fingerprint density at radius 3 is 2.10 bits per heavy atom. The van der Waals surface area contributed by atoms with Gasteiger partial charge in [-0.3, -0.25) is 0 Å². The van der Waals surface area contributed by atoms with Crippen LogP contribution in [0.2, 0.25) is 0 Å². The van der Waals surface area contributed by atoms with Crippen LogP contribution in [-0.4, -0.2) is 7.11 Å². The fourth-order valence-corrected chi connectivity index (χ4v) is 3.04. The molecule has 0 saturated carbocycles. The molecule has 0 radical (unpaired) electrons. The minimum atomic E-state index is 0.953. The molecule has 0 saturated heterocycles. The summed E-state index contributed by atoms with van der Waals surface area (Å²) in [5, 5.41) is 0. The number of para-hydroxylation sites is 1. The minimum Gasteiger partial charge on any atom is -0.496 e. The third-order valence-corrected chi connectivity index (χ3v) is 4.38. The van der Waals surface area contributed by atoms with E-state index >= 15 is 0 Å². The summed E-state index contributed by atoms with van der Waals surface area (Å²) >= 11 is 0. The van der Waals surface area contributed by atoms with Gasteiger partial charge in [-0.05, 0) is 54.2 Å². The van der Waals surface area contributed by atoms with Crippen LogP contribution in [0, 0.1) is 0 Å². The van der Waals surface area contributed by atoms with E-state index in [4.69, 9.17) is 4.74 Å². The molecule has 0 N–H and O–H groups in total. The summed E-state index contributed by atoms with van der Waals surface area (Å²) in [6.45, 7) is 4.44. The fourth-order valence-electron chi connectivity index (χ4n) is 3.04. The van der Waals surface area contributed by atoms with Crippen molar-refractivity contribution in [1.82, 2.24) is 0 Å². The van der Waals surface area contributed by atoms with Gasteiger partial charge in [0.2, 0.25) is 0 Å². The molecular formula is C20H20O. The van der Waals surface area contributed by atoms with Crippen molar-refractivity contribution in [2.24, 2.45) is 0 Å². The lowest BCUT2D eigenvalue weighted by atomic mass is 9.97. The summed E-state index contributed by atoms with van der Waals surface area (Å²) in [4.78, 5) is 0. The molecule has 1 aliphatic carbocycles. The van der Waals surface area contributed by atoms with Gasteiger partial charge in [0, 0.05) is 5.56 Å². The average Bonchev–Trinajstić information content (AvgIpc) is 2.84. The Hall–Kier alpha value is -2.28. The number of hydrogen-bond donors (Lipinski definition) is 0. The van der Waals surface area contributed by atoms with Gasteiger partial charge >= 0.3 is 0 Å². The Labute approximate surface area is 126 Å². The molecule has 2 aromatic rings. The molecule has 1 aliphatic rings. The van der Waals surface area contributed by atoms with E-state index in [0.717, 1.165) is 12.2 Å². The van der Waals surface area contributed by atoms with Gasteiger partial charge in [0.05, 0.1) is 7.11 Å². The van der Waals surface area contributed by atoms with Crippen LogP contribution in [0.5, 0.6) is 5.75 Å². The Bertz CT molecular complexity index is 721. The number of ether oxygens (including phenoxy) is 1. The summed E-state index contributed by atoms with van der Waals surface area (Å²) in [5.41, 5.74) is 8.10. The van der Waals surface area contributed by atoms with E-state index < -0.39 is 0 Å². The van der Waals surface area contributed by atoms with Crippen LogP contribution in [0.15, 0.2) is 65.7 Å². The second kappa shape index (κ2) is 5.61. The van der Waals surface area contributed by atoms with Crippen molar-refractivity contribution in [2.45, 2.75) is 20.3 Å². The number of methoxy groups -OCH3 is 1. The quantitative estimate of drug-likeness (QED) is 0.734. The Kier molecular flexibility index (Phi) is 3.66. The van der Waals surface area contributed by atoms with Crippen LogP contribution in [0.25, 0.3) is 11.1 Å². The first-order chi connectivity index (χ1) is 10.2. The smallest absolute Gasteiger partial charge is 0.126 e. The second-order valence-corrected chi connectivity index (χ2v) is 5.45. The zero-order chi connectivity index (χ0) is 14.8. The topological polar surface area (TPSA) is 9.23 Å². The van der Waals surface area contributed by atoms with Gasteiger partial charge in [0.25, 0.3) is 0 Å². The first-order valence-electron chi connectivity index (χ1n) is 7.31. The van der Waals surface area contributed by atoms with Crippen LogP contribution in [0.4, 0.5) is 0 Å². The van der Waals surface area contributed by atoms with Gasteiger partial charge in [0.15, 0.2) is 0 Å². The van der Waals surface area contributed by atoms with Gasteiger partial charge < -0.3 is 4.74 Å². The van der Waals surface area contributed by atoms with E-state index in [1.165, 1.54) is 33.4 Å². The van der Waals surface area contributed by atoms with Crippen molar-refractivity contribution in [2.75, 3.05) is 7.11 Å². The van der Waals surface area contributed by atoms with Crippen molar-refractivity contribution in [3.8, 4) is 5.75 Å². The molecule has 0 aliphatic heterocycles. The summed E-state index contributed by atoms with van der Waals surface area (Å²) in [6, 6.07) is 18.9. The van der Waals surface area contributed by atoms with Crippen molar-refractivity contribution in [1.29, 1.82) is 0 Å². The highest BCUT2D eigenvalue weighted by atomic mass is 16.5. The first-order valence-corrected chi connectivity index (χ1v) is 7.31. The molecule has 106 valence electrons. The van der Waals surface area contributed by atoms with Crippen molar-refractivity contribution >= 4 is 11.1 Å². The molecule has 1 nitrogen and oxygen atoms in total. The molecule has 0 amide bonds. The van der Waals surface area contributed by atoms with Gasteiger partial charge in [0.1, 0.15) is 5.75 Å².